The number of anilines is 2. The first-order valence-electron chi connectivity index (χ1n) is 16.2. The van der Waals surface area contributed by atoms with E-state index in [1.165, 1.54) is 50.5 Å². The smallest absolute Gasteiger partial charge is 0.0558 e. The summed E-state index contributed by atoms with van der Waals surface area (Å²) >= 11 is 0. The summed E-state index contributed by atoms with van der Waals surface area (Å²) in [5.41, 5.74) is 13.5. The molecule has 0 aromatic heterocycles. The van der Waals surface area contributed by atoms with Crippen LogP contribution in [0.25, 0.3) is 11.1 Å². The molecule has 5 aliphatic rings. The van der Waals surface area contributed by atoms with Gasteiger partial charge in [0.1, 0.15) is 0 Å². The Morgan fingerprint density at radius 3 is 2.56 bits per heavy atom. The van der Waals surface area contributed by atoms with Crippen LogP contribution in [0, 0.1) is 5.92 Å². The monoisotopic (exact) mass is 562 g/mol. The van der Waals surface area contributed by atoms with Crippen LogP contribution in [0.4, 0.5) is 11.4 Å². The lowest BCUT2D eigenvalue weighted by Gasteiger charge is -2.38. The quantitative estimate of drug-likeness (QED) is 0.361. The van der Waals surface area contributed by atoms with Gasteiger partial charge in [0.25, 0.3) is 0 Å². The first kappa shape index (κ1) is 27.5. The third kappa shape index (κ3) is 6.11. The van der Waals surface area contributed by atoms with Gasteiger partial charge in [-0.3, -0.25) is 0 Å². The minimum atomic E-state index is 0.269. The highest BCUT2D eigenvalue weighted by Gasteiger charge is 2.27. The van der Waals surface area contributed by atoms with E-state index in [2.05, 4.69) is 139 Å². The Kier molecular flexibility index (Phi) is 8.01. The van der Waals surface area contributed by atoms with Crippen molar-refractivity contribution in [3.63, 3.8) is 0 Å². The lowest BCUT2D eigenvalue weighted by Crippen LogP contribution is -2.35. The molecule has 2 unspecified atom stereocenters. The van der Waals surface area contributed by atoms with Gasteiger partial charge in [-0.05, 0) is 127 Å². The van der Waals surface area contributed by atoms with Crippen LogP contribution in [0.15, 0.2) is 144 Å². The van der Waals surface area contributed by atoms with Crippen molar-refractivity contribution >= 4 is 22.5 Å². The lowest BCUT2D eigenvalue weighted by molar-refractivity contribution is 0.655. The van der Waals surface area contributed by atoms with Crippen molar-refractivity contribution in [2.45, 2.75) is 64.3 Å². The highest BCUT2D eigenvalue weighted by molar-refractivity contribution is 5.77. The van der Waals surface area contributed by atoms with E-state index in [0.717, 1.165) is 57.1 Å². The molecule has 0 amide bonds. The second kappa shape index (κ2) is 12.5. The van der Waals surface area contributed by atoms with Gasteiger partial charge in [-0.15, -0.1) is 0 Å². The van der Waals surface area contributed by atoms with Crippen LogP contribution >= 0.6 is 0 Å². The molecule has 7 rings (SSSR count). The molecule has 0 spiro atoms. The SMILES string of the molecule is CC1CC=CC2=C1C=C(N(c1cccc(C3=CCCC=C3)c1)C1C=CC(Nc3cccc(C4=CC=CCC4)c3)=CC1)CC2. The van der Waals surface area contributed by atoms with Gasteiger partial charge in [0.05, 0.1) is 6.04 Å². The molecule has 0 fully saturated rings. The summed E-state index contributed by atoms with van der Waals surface area (Å²) in [5.74, 6) is 0.578. The Hall–Kier alpha value is -4.30. The molecule has 5 aliphatic carbocycles. The molecule has 0 saturated carbocycles. The zero-order valence-corrected chi connectivity index (χ0v) is 25.3. The summed E-state index contributed by atoms with van der Waals surface area (Å²) in [6.45, 7) is 2.38. The summed E-state index contributed by atoms with van der Waals surface area (Å²) in [6, 6.07) is 18.3. The molecule has 2 nitrogen and oxygen atoms in total. The van der Waals surface area contributed by atoms with E-state index >= 15 is 0 Å². The summed E-state index contributed by atoms with van der Waals surface area (Å²) in [7, 11) is 0. The van der Waals surface area contributed by atoms with Crippen LogP contribution in [0.2, 0.25) is 0 Å². The fourth-order valence-electron chi connectivity index (χ4n) is 7.05. The van der Waals surface area contributed by atoms with Crippen LogP contribution in [0.5, 0.6) is 0 Å². The van der Waals surface area contributed by atoms with Gasteiger partial charge in [0.2, 0.25) is 0 Å². The minimum absolute atomic E-state index is 0.269. The first-order chi connectivity index (χ1) is 21.2. The Labute approximate surface area is 257 Å². The molecule has 2 atom stereocenters. The Balaban J connectivity index is 1.16. The zero-order valence-electron chi connectivity index (χ0n) is 25.3. The average Bonchev–Trinajstić information content (AvgIpc) is 3.07. The highest BCUT2D eigenvalue weighted by atomic mass is 15.2. The van der Waals surface area contributed by atoms with Gasteiger partial charge < -0.3 is 10.2 Å². The Bertz CT molecular complexity index is 1660. The van der Waals surface area contributed by atoms with Gasteiger partial charge in [-0.2, -0.15) is 0 Å². The normalized spacial score (nSPS) is 22.8. The van der Waals surface area contributed by atoms with Crippen LogP contribution < -0.4 is 10.2 Å². The largest absolute Gasteiger partial charge is 0.356 e. The van der Waals surface area contributed by atoms with Gasteiger partial charge in [-0.1, -0.05) is 91.9 Å². The molecule has 2 aromatic rings. The summed E-state index contributed by atoms with van der Waals surface area (Å²) in [5, 5.41) is 3.70. The van der Waals surface area contributed by atoms with Crippen molar-refractivity contribution in [1.29, 1.82) is 0 Å². The lowest BCUT2D eigenvalue weighted by atomic mass is 9.82. The van der Waals surface area contributed by atoms with Crippen molar-refractivity contribution < 1.29 is 0 Å². The number of hydrogen-bond donors (Lipinski definition) is 1. The maximum atomic E-state index is 3.70. The molecule has 216 valence electrons. The van der Waals surface area contributed by atoms with E-state index in [9.17, 15) is 0 Å². The molecule has 2 aromatic carbocycles. The molecule has 2 heteroatoms. The molecular weight excluding hydrogens is 520 g/mol. The maximum Gasteiger partial charge on any atom is 0.0558 e. The number of hydrogen-bond acceptors (Lipinski definition) is 2. The van der Waals surface area contributed by atoms with Crippen LogP contribution in [0.3, 0.4) is 0 Å². The highest BCUT2D eigenvalue weighted by Crippen LogP contribution is 2.39. The second-order valence-electron chi connectivity index (χ2n) is 12.4. The van der Waals surface area contributed by atoms with Crippen LogP contribution in [-0.4, -0.2) is 6.04 Å². The predicted octanol–water partition coefficient (Wildman–Crippen LogP) is 10.9. The standard InChI is InChI=1S/C41H42N2/c1-30-11-8-16-33-21-24-40(29-41(30)33)43(39-20-10-18-35(28-39)32-14-6-3-7-15-32)38-25-22-36(23-26-38)42-37-19-9-17-34(27-37)31-12-4-2-5-13-31/h2,4,6,8-10,12,14-20,22-23,25,27-30,38,42H,3,5,7,11,13,21,24,26H2,1H3. The number of nitrogens with zero attached hydrogens (tertiary/aromatic N) is 1. The maximum absolute atomic E-state index is 3.70. The molecule has 0 bridgehead atoms. The third-order valence-corrected chi connectivity index (χ3v) is 9.39. The Morgan fingerprint density at radius 1 is 0.791 bits per heavy atom. The molecule has 0 radical (unpaired) electrons. The van der Waals surface area contributed by atoms with E-state index in [1.54, 1.807) is 0 Å². The number of allylic oxidation sites excluding steroid dienone is 15. The summed E-state index contributed by atoms with van der Waals surface area (Å²) < 4.78 is 0. The predicted molar refractivity (Wildman–Crippen MR) is 185 cm³/mol. The molecule has 0 heterocycles. The fraction of sp³-hybridized carbons (Fsp3) is 0.268. The van der Waals surface area contributed by atoms with E-state index < -0.39 is 0 Å². The van der Waals surface area contributed by atoms with E-state index in [4.69, 9.17) is 0 Å². The van der Waals surface area contributed by atoms with E-state index in [1.807, 2.05) is 0 Å². The van der Waals surface area contributed by atoms with E-state index in [-0.39, 0.29) is 6.04 Å². The number of benzene rings is 2. The number of rotatable bonds is 7. The van der Waals surface area contributed by atoms with Crippen molar-refractivity contribution in [1.82, 2.24) is 0 Å². The molecular formula is C41H42N2. The number of nitrogens with one attached hydrogen (secondary N) is 1. The van der Waals surface area contributed by atoms with Crippen molar-refractivity contribution in [2.75, 3.05) is 10.2 Å². The fourth-order valence-corrected chi connectivity index (χ4v) is 7.05. The van der Waals surface area contributed by atoms with Crippen LogP contribution in [0.1, 0.15) is 69.4 Å². The van der Waals surface area contributed by atoms with E-state index in [0.29, 0.717) is 5.92 Å². The second-order valence-corrected chi connectivity index (χ2v) is 12.4. The van der Waals surface area contributed by atoms with Crippen molar-refractivity contribution in [3.8, 4) is 0 Å². The first-order valence-corrected chi connectivity index (χ1v) is 16.2. The van der Waals surface area contributed by atoms with Gasteiger partial charge in [-0.25, -0.2) is 0 Å². The Morgan fingerprint density at radius 2 is 1.72 bits per heavy atom. The topological polar surface area (TPSA) is 15.3 Å². The third-order valence-electron chi connectivity index (χ3n) is 9.39. The molecule has 0 saturated heterocycles. The molecule has 1 N–H and O–H groups in total. The van der Waals surface area contributed by atoms with Gasteiger partial charge in [0, 0.05) is 22.8 Å². The van der Waals surface area contributed by atoms with Gasteiger partial charge in [0.15, 0.2) is 0 Å². The van der Waals surface area contributed by atoms with Crippen LogP contribution in [-0.2, 0) is 0 Å². The molecule has 43 heavy (non-hydrogen) atoms. The average molecular weight is 563 g/mol. The zero-order chi connectivity index (χ0) is 29.0. The minimum Gasteiger partial charge on any atom is -0.356 e. The summed E-state index contributed by atoms with van der Waals surface area (Å²) in [4.78, 5) is 2.62. The molecule has 0 aliphatic heterocycles. The van der Waals surface area contributed by atoms with Crippen molar-refractivity contribution in [3.05, 3.63) is 155 Å². The van der Waals surface area contributed by atoms with Gasteiger partial charge >= 0.3 is 0 Å². The van der Waals surface area contributed by atoms with Crippen molar-refractivity contribution in [2.24, 2.45) is 5.92 Å². The summed E-state index contributed by atoms with van der Waals surface area (Å²) in [6.07, 6.45) is 36.7.